The van der Waals surface area contributed by atoms with Crippen molar-refractivity contribution in [1.82, 2.24) is 25.1 Å². The molecule has 1 N–H and O–H groups in total. The Labute approximate surface area is 187 Å². The van der Waals surface area contributed by atoms with Crippen molar-refractivity contribution < 1.29 is 37.4 Å². The summed E-state index contributed by atoms with van der Waals surface area (Å²) in [6.07, 6.45) is -1.16. The molecule has 1 aromatic carbocycles. The highest BCUT2D eigenvalue weighted by Crippen LogP contribution is 2.41. The molecule has 1 saturated heterocycles. The first-order chi connectivity index (χ1) is 15.6. The Morgan fingerprint density at radius 3 is 2.55 bits per heavy atom. The second kappa shape index (κ2) is 8.37. The van der Waals surface area contributed by atoms with Gasteiger partial charge in [0, 0.05) is 19.6 Å². The molecule has 1 aromatic heterocycles. The third-order valence-electron chi connectivity index (χ3n) is 5.29. The maximum Gasteiger partial charge on any atom is 0.335 e. The molecule has 1 fully saturated rings. The number of esters is 1. The monoisotopic (exact) mass is 477 g/mol. The van der Waals surface area contributed by atoms with E-state index in [0.717, 1.165) is 4.90 Å². The second-order valence-corrected chi connectivity index (χ2v) is 9.55. The van der Waals surface area contributed by atoms with Crippen LogP contribution >= 0.6 is 0 Å². The van der Waals surface area contributed by atoms with Gasteiger partial charge in [-0.25, -0.2) is 17.9 Å². The minimum Gasteiger partial charge on any atom is -0.478 e. The van der Waals surface area contributed by atoms with Gasteiger partial charge >= 0.3 is 11.9 Å². The van der Waals surface area contributed by atoms with Gasteiger partial charge in [0.2, 0.25) is 0 Å². The van der Waals surface area contributed by atoms with Gasteiger partial charge < -0.3 is 14.6 Å². The van der Waals surface area contributed by atoms with Crippen LogP contribution in [0.5, 0.6) is 0 Å². The van der Waals surface area contributed by atoms with Crippen molar-refractivity contribution >= 4 is 33.4 Å². The molecule has 2 aliphatic rings. The van der Waals surface area contributed by atoms with Crippen molar-refractivity contribution in [1.29, 1.82) is 0 Å². The quantitative estimate of drug-likeness (QED) is 0.395. The summed E-state index contributed by atoms with van der Waals surface area (Å²) in [6, 6.07) is 6.04. The number of rotatable bonds is 7. The number of carbonyl (C=O) groups is 3. The van der Waals surface area contributed by atoms with Crippen molar-refractivity contribution in [3.63, 3.8) is 0 Å². The van der Waals surface area contributed by atoms with E-state index in [4.69, 9.17) is 14.6 Å². The van der Waals surface area contributed by atoms with Crippen molar-refractivity contribution in [2.75, 3.05) is 19.5 Å². The molecule has 2 aromatic rings. The Balaban J connectivity index is 1.76. The summed E-state index contributed by atoms with van der Waals surface area (Å²) >= 11 is 0. The van der Waals surface area contributed by atoms with E-state index in [-0.39, 0.29) is 35.8 Å². The van der Waals surface area contributed by atoms with Crippen LogP contribution in [0.25, 0.3) is 5.70 Å². The number of aromatic carboxylic acids is 1. The van der Waals surface area contributed by atoms with Crippen LogP contribution in [-0.2, 0) is 35.4 Å². The summed E-state index contributed by atoms with van der Waals surface area (Å²) in [5.41, 5.74) is 1.07. The molecule has 33 heavy (non-hydrogen) atoms. The predicted octanol–water partition coefficient (Wildman–Crippen LogP) is -0.694. The fraction of sp³-hybridized carbons (Fsp3) is 0.368. The fourth-order valence-electron chi connectivity index (χ4n) is 3.78. The number of benzene rings is 1. The molecule has 0 saturated carbocycles. The van der Waals surface area contributed by atoms with E-state index in [1.54, 1.807) is 12.1 Å². The number of carbonyl (C=O) groups excluding carboxylic acids is 2. The van der Waals surface area contributed by atoms with Gasteiger partial charge in [-0.05, 0) is 28.1 Å². The normalized spacial score (nSPS) is 21.4. The van der Waals surface area contributed by atoms with E-state index in [9.17, 15) is 22.8 Å². The van der Waals surface area contributed by atoms with Crippen LogP contribution in [0.4, 0.5) is 0 Å². The molecule has 2 aliphatic heterocycles. The average Bonchev–Trinajstić information content (AvgIpc) is 3.20. The van der Waals surface area contributed by atoms with E-state index >= 15 is 0 Å². The number of nitrogens with zero attached hydrogens (tertiary/aromatic N) is 5. The molecule has 174 valence electrons. The van der Waals surface area contributed by atoms with Crippen LogP contribution in [0.2, 0.25) is 0 Å². The highest BCUT2D eigenvalue weighted by Gasteiger charge is 2.60. The molecule has 14 heteroatoms. The first-order valence-corrected chi connectivity index (χ1v) is 11.4. The van der Waals surface area contributed by atoms with E-state index in [2.05, 4.69) is 15.5 Å². The molecule has 0 unspecified atom stereocenters. The number of sulfone groups is 1. The van der Waals surface area contributed by atoms with Crippen molar-refractivity contribution in [3.05, 3.63) is 46.8 Å². The van der Waals surface area contributed by atoms with Crippen molar-refractivity contribution in [3.8, 4) is 0 Å². The lowest BCUT2D eigenvalue weighted by Gasteiger charge is -2.48. The van der Waals surface area contributed by atoms with Crippen LogP contribution in [-0.4, -0.2) is 87.4 Å². The number of methoxy groups -OCH3 is 1. The maximum atomic E-state index is 12.8. The summed E-state index contributed by atoms with van der Waals surface area (Å²) in [4.78, 5) is 36.2. The fourth-order valence-corrected chi connectivity index (χ4v) is 5.79. The highest BCUT2D eigenvalue weighted by atomic mass is 32.2. The lowest BCUT2D eigenvalue weighted by molar-refractivity contribution is -0.156. The topological polar surface area (TPSA) is 171 Å². The van der Waals surface area contributed by atoms with Crippen LogP contribution < -0.4 is 0 Å². The summed E-state index contributed by atoms with van der Waals surface area (Å²) in [5.74, 6) is -2.64. The smallest absolute Gasteiger partial charge is 0.335 e. The molecule has 2 atom stereocenters. The van der Waals surface area contributed by atoms with E-state index < -0.39 is 44.9 Å². The zero-order chi connectivity index (χ0) is 23.9. The van der Waals surface area contributed by atoms with Crippen LogP contribution in [0, 0.1) is 0 Å². The summed E-state index contributed by atoms with van der Waals surface area (Å²) < 4.78 is 37.1. The van der Waals surface area contributed by atoms with Gasteiger partial charge in [0.1, 0.15) is 6.61 Å². The zero-order valence-electron chi connectivity index (χ0n) is 17.5. The molecule has 0 aliphatic carbocycles. The largest absolute Gasteiger partial charge is 0.478 e. The van der Waals surface area contributed by atoms with E-state index in [1.807, 2.05) is 0 Å². The molecular weight excluding hydrogens is 458 g/mol. The van der Waals surface area contributed by atoms with E-state index in [0.29, 0.717) is 5.56 Å². The Hall–Kier alpha value is -3.65. The predicted molar refractivity (Wildman–Crippen MR) is 109 cm³/mol. The van der Waals surface area contributed by atoms with Crippen LogP contribution in [0.15, 0.2) is 29.8 Å². The average molecular weight is 477 g/mol. The Morgan fingerprint density at radius 2 is 1.94 bits per heavy atom. The molecule has 0 spiro atoms. The summed E-state index contributed by atoms with van der Waals surface area (Å²) in [7, 11) is -2.58. The molecule has 3 heterocycles. The number of aromatic nitrogens is 4. The minimum atomic E-state index is -3.83. The summed E-state index contributed by atoms with van der Waals surface area (Å²) in [6.45, 7) is 0.929. The first-order valence-electron chi connectivity index (χ1n) is 9.65. The van der Waals surface area contributed by atoms with Gasteiger partial charge in [0.05, 0.1) is 23.6 Å². The number of ether oxygens (including phenoxy) is 2. The van der Waals surface area contributed by atoms with Gasteiger partial charge in [0.15, 0.2) is 27.1 Å². The molecule has 0 bridgehead atoms. The molecule has 1 amide bonds. The van der Waals surface area contributed by atoms with Gasteiger partial charge in [-0.15, -0.1) is 5.10 Å². The van der Waals surface area contributed by atoms with Gasteiger partial charge in [-0.1, -0.05) is 12.1 Å². The van der Waals surface area contributed by atoms with Crippen molar-refractivity contribution in [2.45, 2.75) is 24.9 Å². The molecule has 4 rings (SSSR count). The number of carboxylic acid groups (broad SMARTS) is 1. The molecular formula is C19H19N5O8S. The minimum absolute atomic E-state index is 0.0993. The van der Waals surface area contributed by atoms with Crippen LogP contribution in [0.1, 0.15) is 28.7 Å². The maximum absolute atomic E-state index is 12.8. The standard InChI is InChI=1S/C19H19N5O8S/c1-10(25)32-8-13-9-33(29,30)18-15(31-2)17(26)24(18)14(13)16-20-21-22-23(16)7-11-3-5-12(6-4-11)19(27)28/h3-6,15,18H,7-9H2,1-2H3,(H,27,28)/t15-,18-/m0/s1. The Morgan fingerprint density at radius 1 is 1.24 bits per heavy atom. The number of fused-ring (bicyclic) bond motifs is 1. The van der Waals surface area contributed by atoms with Gasteiger partial charge in [-0.3, -0.25) is 14.5 Å². The van der Waals surface area contributed by atoms with Gasteiger partial charge in [-0.2, -0.15) is 0 Å². The summed E-state index contributed by atoms with van der Waals surface area (Å²) in [5, 5.41) is 19.4. The second-order valence-electron chi connectivity index (χ2n) is 7.46. The number of carboxylic acids is 1. The van der Waals surface area contributed by atoms with Crippen LogP contribution in [0.3, 0.4) is 0 Å². The number of tetrazole rings is 1. The highest BCUT2D eigenvalue weighted by molar-refractivity contribution is 7.92. The Bertz CT molecular complexity index is 1270. The lowest BCUT2D eigenvalue weighted by Crippen LogP contribution is -2.69. The van der Waals surface area contributed by atoms with Gasteiger partial charge in [0.25, 0.3) is 5.91 Å². The third kappa shape index (κ3) is 3.98. The Kier molecular flexibility index (Phi) is 5.71. The first kappa shape index (κ1) is 22.5. The zero-order valence-corrected chi connectivity index (χ0v) is 18.4. The third-order valence-corrected chi connectivity index (χ3v) is 7.24. The number of amides is 1. The lowest BCUT2D eigenvalue weighted by atomic mass is 10.0. The SMILES string of the molecule is CO[C@H]1C(=O)N2C(c3nnnn3Cc3ccc(C(=O)O)cc3)=C(COC(C)=O)CS(=O)(=O)[C@@H]12. The number of hydrogen-bond donors (Lipinski definition) is 1. The molecule has 13 nitrogen and oxygen atoms in total. The van der Waals surface area contributed by atoms with Crippen molar-refractivity contribution in [2.24, 2.45) is 0 Å². The van der Waals surface area contributed by atoms with E-state index in [1.165, 1.54) is 30.8 Å². The number of hydrogen-bond acceptors (Lipinski definition) is 10. The molecule has 0 radical (unpaired) electrons. The number of β-lactam (4-membered cyclic amide) rings is 1.